The van der Waals surface area contributed by atoms with E-state index in [0.29, 0.717) is 24.7 Å². The van der Waals surface area contributed by atoms with Gasteiger partial charge in [0.25, 0.3) is 0 Å². The highest BCUT2D eigenvalue weighted by atomic mass is 35.5. The summed E-state index contributed by atoms with van der Waals surface area (Å²) in [6.07, 6.45) is -0.550. The molecule has 2 N–H and O–H groups in total. The van der Waals surface area contributed by atoms with Gasteiger partial charge in [0, 0.05) is 25.2 Å². The standard InChI is InChI=1S/C14H22ClNO3/c1-10-6-12(15)7-11(2)14(10)19-9-13(17)8-16-4-5-18-3/h6-7,13,16-17H,4-5,8-9H2,1-3H3/t13-/m0/s1. The van der Waals surface area contributed by atoms with Crippen LogP contribution in [0, 0.1) is 13.8 Å². The van der Waals surface area contributed by atoms with Crippen LogP contribution in [-0.2, 0) is 4.74 Å². The van der Waals surface area contributed by atoms with Crippen LogP contribution in [0.1, 0.15) is 11.1 Å². The van der Waals surface area contributed by atoms with E-state index in [4.69, 9.17) is 21.1 Å². The fourth-order valence-electron chi connectivity index (χ4n) is 1.81. The van der Waals surface area contributed by atoms with Crippen LogP contribution < -0.4 is 10.1 Å². The number of hydrogen-bond acceptors (Lipinski definition) is 4. The lowest BCUT2D eigenvalue weighted by Crippen LogP contribution is -2.33. The zero-order valence-corrected chi connectivity index (χ0v) is 12.5. The molecule has 0 saturated heterocycles. The van der Waals surface area contributed by atoms with Gasteiger partial charge in [-0.1, -0.05) is 11.6 Å². The minimum atomic E-state index is -0.550. The third kappa shape index (κ3) is 5.78. The van der Waals surface area contributed by atoms with Crippen molar-refractivity contribution in [1.82, 2.24) is 5.32 Å². The maximum absolute atomic E-state index is 9.79. The molecular formula is C14H22ClNO3. The molecular weight excluding hydrogens is 266 g/mol. The molecule has 0 bridgehead atoms. The zero-order chi connectivity index (χ0) is 14.3. The summed E-state index contributed by atoms with van der Waals surface area (Å²) in [6.45, 7) is 5.96. The monoisotopic (exact) mass is 287 g/mol. The Bertz CT molecular complexity index is 375. The van der Waals surface area contributed by atoms with E-state index in [1.54, 1.807) is 7.11 Å². The summed E-state index contributed by atoms with van der Waals surface area (Å²) in [4.78, 5) is 0. The SMILES string of the molecule is COCCNC[C@H](O)COc1c(C)cc(Cl)cc1C. The summed E-state index contributed by atoms with van der Waals surface area (Å²) < 4.78 is 10.6. The van der Waals surface area contributed by atoms with Crippen LogP contribution in [0.15, 0.2) is 12.1 Å². The number of rotatable bonds is 8. The van der Waals surface area contributed by atoms with Gasteiger partial charge in [-0.3, -0.25) is 0 Å². The lowest BCUT2D eigenvalue weighted by atomic mass is 10.1. The van der Waals surface area contributed by atoms with E-state index in [-0.39, 0.29) is 6.61 Å². The molecule has 1 rings (SSSR count). The molecule has 19 heavy (non-hydrogen) atoms. The second-order valence-electron chi connectivity index (χ2n) is 4.53. The molecule has 0 fully saturated rings. The molecule has 1 atom stereocenters. The van der Waals surface area contributed by atoms with Crippen LogP contribution in [0.5, 0.6) is 5.75 Å². The predicted octanol–water partition coefficient (Wildman–Crippen LogP) is 1.93. The van der Waals surface area contributed by atoms with Gasteiger partial charge in [-0.15, -0.1) is 0 Å². The Labute approximate surface area is 119 Å². The topological polar surface area (TPSA) is 50.7 Å². The van der Waals surface area contributed by atoms with Crippen molar-refractivity contribution in [2.45, 2.75) is 20.0 Å². The van der Waals surface area contributed by atoms with Crippen molar-refractivity contribution in [1.29, 1.82) is 0 Å². The summed E-state index contributed by atoms with van der Waals surface area (Å²) in [7, 11) is 1.65. The second-order valence-corrected chi connectivity index (χ2v) is 4.97. The first-order valence-corrected chi connectivity index (χ1v) is 6.69. The van der Waals surface area contributed by atoms with E-state index in [1.165, 1.54) is 0 Å². The van der Waals surface area contributed by atoms with Gasteiger partial charge in [-0.2, -0.15) is 0 Å². The fourth-order valence-corrected chi connectivity index (χ4v) is 2.13. The minimum Gasteiger partial charge on any atom is -0.490 e. The summed E-state index contributed by atoms with van der Waals surface area (Å²) in [5, 5.41) is 13.6. The van der Waals surface area contributed by atoms with Crippen LogP contribution in [-0.4, -0.2) is 44.6 Å². The molecule has 1 aromatic carbocycles. The molecule has 0 saturated carbocycles. The maximum Gasteiger partial charge on any atom is 0.125 e. The van der Waals surface area contributed by atoms with E-state index in [2.05, 4.69) is 5.32 Å². The van der Waals surface area contributed by atoms with Gasteiger partial charge in [-0.05, 0) is 37.1 Å². The summed E-state index contributed by atoms with van der Waals surface area (Å²) in [5.74, 6) is 0.792. The Morgan fingerprint density at radius 1 is 1.32 bits per heavy atom. The van der Waals surface area contributed by atoms with Crippen LogP contribution in [0.4, 0.5) is 0 Å². The van der Waals surface area contributed by atoms with Crippen molar-refractivity contribution < 1.29 is 14.6 Å². The normalized spacial score (nSPS) is 12.5. The van der Waals surface area contributed by atoms with Gasteiger partial charge in [0.1, 0.15) is 18.5 Å². The molecule has 108 valence electrons. The Morgan fingerprint density at radius 3 is 2.53 bits per heavy atom. The average molecular weight is 288 g/mol. The third-order valence-corrected chi connectivity index (χ3v) is 2.93. The molecule has 0 spiro atoms. The van der Waals surface area contributed by atoms with Crippen molar-refractivity contribution in [2.75, 3.05) is 33.4 Å². The quantitative estimate of drug-likeness (QED) is 0.718. The van der Waals surface area contributed by atoms with Gasteiger partial charge >= 0.3 is 0 Å². The molecule has 0 heterocycles. The largest absolute Gasteiger partial charge is 0.490 e. The molecule has 0 amide bonds. The van der Waals surface area contributed by atoms with Crippen molar-refractivity contribution in [3.8, 4) is 5.75 Å². The molecule has 0 aliphatic heterocycles. The van der Waals surface area contributed by atoms with Crippen LogP contribution >= 0.6 is 11.6 Å². The number of nitrogens with one attached hydrogen (secondary N) is 1. The van der Waals surface area contributed by atoms with Crippen molar-refractivity contribution in [3.63, 3.8) is 0 Å². The first-order valence-electron chi connectivity index (χ1n) is 6.32. The highest BCUT2D eigenvalue weighted by Gasteiger charge is 2.09. The van der Waals surface area contributed by atoms with E-state index < -0.39 is 6.10 Å². The number of aliphatic hydroxyl groups excluding tert-OH is 1. The molecule has 5 heteroatoms. The number of hydrogen-bond donors (Lipinski definition) is 2. The van der Waals surface area contributed by atoms with E-state index in [9.17, 15) is 5.11 Å². The summed E-state index contributed by atoms with van der Waals surface area (Å²) in [6, 6.07) is 3.71. The van der Waals surface area contributed by atoms with Gasteiger partial charge in [0.15, 0.2) is 0 Å². The Kier molecular flexibility index (Phi) is 7.16. The Balaban J connectivity index is 2.40. The molecule has 0 aliphatic carbocycles. The minimum absolute atomic E-state index is 0.253. The van der Waals surface area contributed by atoms with Gasteiger partial charge < -0.3 is 19.9 Å². The number of ether oxygens (including phenoxy) is 2. The highest BCUT2D eigenvalue weighted by Crippen LogP contribution is 2.27. The lowest BCUT2D eigenvalue weighted by molar-refractivity contribution is 0.103. The number of aryl methyl sites for hydroxylation is 2. The van der Waals surface area contributed by atoms with Crippen molar-refractivity contribution in [2.24, 2.45) is 0 Å². The van der Waals surface area contributed by atoms with Crippen LogP contribution in [0.25, 0.3) is 0 Å². The average Bonchev–Trinajstić information content (AvgIpc) is 2.33. The molecule has 0 unspecified atom stereocenters. The Hall–Kier alpha value is -0.810. The predicted molar refractivity (Wildman–Crippen MR) is 77.2 cm³/mol. The molecule has 0 aromatic heterocycles. The fraction of sp³-hybridized carbons (Fsp3) is 0.571. The van der Waals surface area contributed by atoms with Crippen molar-refractivity contribution >= 4 is 11.6 Å². The number of benzene rings is 1. The van der Waals surface area contributed by atoms with E-state index in [0.717, 1.165) is 16.9 Å². The second kappa shape index (κ2) is 8.38. The van der Waals surface area contributed by atoms with E-state index in [1.807, 2.05) is 26.0 Å². The summed E-state index contributed by atoms with van der Waals surface area (Å²) in [5.41, 5.74) is 1.95. The first-order chi connectivity index (χ1) is 9.04. The lowest BCUT2D eigenvalue weighted by Gasteiger charge is -2.16. The number of aliphatic hydroxyl groups is 1. The molecule has 0 aliphatic rings. The summed E-state index contributed by atoms with van der Waals surface area (Å²) >= 11 is 5.96. The van der Waals surface area contributed by atoms with Gasteiger partial charge in [-0.25, -0.2) is 0 Å². The first kappa shape index (κ1) is 16.2. The zero-order valence-electron chi connectivity index (χ0n) is 11.7. The molecule has 0 radical (unpaired) electrons. The van der Waals surface area contributed by atoms with Crippen LogP contribution in [0.2, 0.25) is 5.02 Å². The number of halogens is 1. The highest BCUT2D eigenvalue weighted by molar-refractivity contribution is 6.30. The Morgan fingerprint density at radius 2 is 1.95 bits per heavy atom. The van der Waals surface area contributed by atoms with Crippen molar-refractivity contribution in [3.05, 3.63) is 28.3 Å². The van der Waals surface area contributed by atoms with E-state index >= 15 is 0 Å². The number of methoxy groups -OCH3 is 1. The smallest absolute Gasteiger partial charge is 0.125 e. The maximum atomic E-state index is 9.79. The molecule has 4 nitrogen and oxygen atoms in total. The van der Waals surface area contributed by atoms with Gasteiger partial charge in [0.05, 0.1) is 6.61 Å². The third-order valence-electron chi connectivity index (χ3n) is 2.71. The van der Waals surface area contributed by atoms with Gasteiger partial charge in [0.2, 0.25) is 0 Å². The molecule has 1 aromatic rings. The van der Waals surface area contributed by atoms with Crippen LogP contribution in [0.3, 0.4) is 0 Å².